The van der Waals surface area contributed by atoms with E-state index in [2.05, 4.69) is 29.6 Å². The van der Waals surface area contributed by atoms with Crippen molar-refractivity contribution in [3.05, 3.63) is 101 Å². The lowest BCUT2D eigenvalue weighted by molar-refractivity contribution is -0.136. The molecule has 1 amide bonds. The summed E-state index contributed by atoms with van der Waals surface area (Å²) < 4.78 is 5.52. The standard InChI is InChI=1S/C27H25NO4/c29-26(30)16-15-20-13-11-19(12-14-20)6-5-17-28-27(31)32-18-25-23-9-3-1-7-21(23)22-8-2-4-10-24(22)25/h1-14,25H,15-18H2,(H,28,31)(H,29,30). The molecule has 0 bridgehead atoms. The number of benzene rings is 3. The maximum atomic E-state index is 12.2. The first-order valence-electron chi connectivity index (χ1n) is 10.7. The van der Waals surface area contributed by atoms with Crippen LogP contribution in [0.2, 0.25) is 0 Å². The number of amides is 1. The number of carboxylic acids is 1. The molecule has 4 rings (SSSR count). The van der Waals surface area contributed by atoms with Crippen molar-refractivity contribution in [2.45, 2.75) is 18.8 Å². The summed E-state index contributed by atoms with van der Waals surface area (Å²) in [5.41, 5.74) is 6.75. The molecule has 3 aromatic rings. The van der Waals surface area contributed by atoms with Crippen LogP contribution in [0.5, 0.6) is 0 Å². The number of carbonyl (C=O) groups excluding carboxylic acids is 1. The largest absolute Gasteiger partial charge is 0.481 e. The number of hydrogen-bond donors (Lipinski definition) is 2. The van der Waals surface area contributed by atoms with Crippen molar-refractivity contribution in [3.63, 3.8) is 0 Å². The number of rotatable bonds is 8. The Morgan fingerprint density at radius 1 is 0.906 bits per heavy atom. The third kappa shape index (κ3) is 5.06. The van der Waals surface area contributed by atoms with E-state index in [9.17, 15) is 9.59 Å². The Kier molecular flexibility index (Phi) is 6.66. The molecule has 0 saturated heterocycles. The molecule has 0 saturated carbocycles. The summed E-state index contributed by atoms with van der Waals surface area (Å²) in [5.74, 6) is -0.753. The highest BCUT2D eigenvalue weighted by molar-refractivity contribution is 5.79. The Morgan fingerprint density at radius 3 is 2.16 bits per heavy atom. The molecule has 5 heteroatoms. The van der Waals surface area contributed by atoms with Gasteiger partial charge in [0.1, 0.15) is 6.61 Å². The van der Waals surface area contributed by atoms with Gasteiger partial charge in [-0.15, -0.1) is 0 Å². The van der Waals surface area contributed by atoms with Crippen molar-refractivity contribution < 1.29 is 19.4 Å². The second-order valence-corrected chi connectivity index (χ2v) is 7.74. The second-order valence-electron chi connectivity index (χ2n) is 7.74. The van der Waals surface area contributed by atoms with Gasteiger partial charge in [0.25, 0.3) is 0 Å². The summed E-state index contributed by atoms with van der Waals surface area (Å²) in [7, 11) is 0. The molecule has 1 aliphatic rings. The van der Waals surface area contributed by atoms with Gasteiger partial charge in [0.15, 0.2) is 0 Å². The van der Waals surface area contributed by atoms with Crippen molar-refractivity contribution in [1.82, 2.24) is 5.32 Å². The molecule has 32 heavy (non-hydrogen) atoms. The molecule has 0 aromatic heterocycles. The van der Waals surface area contributed by atoms with Gasteiger partial charge in [0.2, 0.25) is 0 Å². The molecular formula is C27H25NO4. The first-order chi connectivity index (χ1) is 15.6. The van der Waals surface area contributed by atoms with Gasteiger partial charge in [-0.3, -0.25) is 4.79 Å². The molecule has 0 radical (unpaired) electrons. The van der Waals surface area contributed by atoms with Crippen LogP contribution in [0.25, 0.3) is 17.2 Å². The number of nitrogens with one attached hydrogen (secondary N) is 1. The Hall–Kier alpha value is -3.86. The predicted octanol–water partition coefficient (Wildman–Crippen LogP) is 5.26. The summed E-state index contributed by atoms with van der Waals surface area (Å²) in [6, 6.07) is 24.2. The summed E-state index contributed by atoms with van der Waals surface area (Å²) in [4.78, 5) is 22.8. The summed E-state index contributed by atoms with van der Waals surface area (Å²) in [6.07, 6.45) is 3.96. The van der Waals surface area contributed by atoms with Crippen molar-refractivity contribution in [2.75, 3.05) is 13.2 Å². The van der Waals surface area contributed by atoms with Crippen LogP contribution in [-0.4, -0.2) is 30.3 Å². The molecule has 0 unspecified atom stereocenters. The monoisotopic (exact) mass is 427 g/mol. The van der Waals surface area contributed by atoms with E-state index in [1.165, 1.54) is 22.3 Å². The van der Waals surface area contributed by atoms with Gasteiger partial charge < -0.3 is 15.2 Å². The van der Waals surface area contributed by atoms with Crippen LogP contribution in [0.15, 0.2) is 78.9 Å². The zero-order chi connectivity index (χ0) is 22.3. The minimum absolute atomic E-state index is 0.0448. The SMILES string of the molecule is O=C(O)CCc1ccc(C=CCNC(=O)OCC2c3ccccc3-c3ccccc32)cc1. The lowest BCUT2D eigenvalue weighted by atomic mass is 9.98. The lowest BCUT2D eigenvalue weighted by Gasteiger charge is -2.14. The van der Waals surface area contributed by atoms with Crippen LogP contribution < -0.4 is 5.32 Å². The van der Waals surface area contributed by atoms with Gasteiger partial charge in [-0.25, -0.2) is 4.79 Å². The van der Waals surface area contributed by atoms with Crippen molar-refractivity contribution in [2.24, 2.45) is 0 Å². The topological polar surface area (TPSA) is 75.6 Å². The van der Waals surface area contributed by atoms with E-state index in [0.717, 1.165) is 11.1 Å². The van der Waals surface area contributed by atoms with Gasteiger partial charge in [-0.2, -0.15) is 0 Å². The van der Waals surface area contributed by atoms with Crippen molar-refractivity contribution >= 4 is 18.1 Å². The van der Waals surface area contributed by atoms with E-state index in [1.54, 1.807) is 0 Å². The van der Waals surface area contributed by atoms with Gasteiger partial charge >= 0.3 is 12.1 Å². The number of hydrogen-bond acceptors (Lipinski definition) is 3. The third-order valence-corrected chi connectivity index (χ3v) is 5.63. The lowest BCUT2D eigenvalue weighted by Crippen LogP contribution is -2.26. The van der Waals surface area contributed by atoms with E-state index < -0.39 is 12.1 Å². The zero-order valence-corrected chi connectivity index (χ0v) is 17.7. The molecule has 0 aliphatic heterocycles. The predicted molar refractivity (Wildman–Crippen MR) is 125 cm³/mol. The molecule has 0 spiro atoms. The molecule has 0 fully saturated rings. The molecule has 162 valence electrons. The summed E-state index contributed by atoms with van der Waals surface area (Å²) >= 11 is 0. The first kappa shape index (κ1) is 21.4. The van der Waals surface area contributed by atoms with E-state index in [1.807, 2.05) is 60.7 Å². The van der Waals surface area contributed by atoms with Crippen molar-refractivity contribution in [3.8, 4) is 11.1 Å². The first-order valence-corrected chi connectivity index (χ1v) is 10.7. The molecule has 2 N–H and O–H groups in total. The fraction of sp³-hybridized carbons (Fsp3) is 0.185. The fourth-order valence-corrected chi connectivity index (χ4v) is 4.03. The number of aryl methyl sites for hydroxylation is 1. The Bertz CT molecular complexity index is 1090. The third-order valence-electron chi connectivity index (χ3n) is 5.63. The minimum atomic E-state index is -0.798. The molecule has 0 heterocycles. The maximum Gasteiger partial charge on any atom is 0.407 e. The smallest absolute Gasteiger partial charge is 0.407 e. The quantitative estimate of drug-likeness (QED) is 0.514. The fourth-order valence-electron chi connectivity index (χ4n) is 4.03. The molecule has 1 aliphatic carbocycles. The van der Waals surface area contributed by atoms with Crippen LogP contribution in [0.3, 0.4) is 0 Å². The van der Waals surface area contributed by atoms with Gasteiger partial charge in [0, 0.05) is 18.9 Å². The number of carboxylic acid groups (broad SMARTS) is 1. The number of fused-ring (bicyclic) bond motifs is 3. The average molecular weight is 428 g/mol. The van der Waals surface area contributed by atoms with E-state index in [0.29, 0.717) is 19.6 Å². The Balaban J connectivity index is 1.26. The number of aliphatic carboxylic acids is 1. The summed E-state index contributed by atoms with van der Waals surface area (Å²) in [6.45, 7) is 0.652. The van der Waals surface area contributed by atoms with Crippen LogP contribution in [0, 0.1) is 0 Å². The molecule has 3 aromatic carbocycles. The highest BCUT2D eigenvalue weighted by atomic mass is 16.5. The molecule has 5 nitrogen and oxygen atoms in total. The van der Waals surface area contributed by atoms with Crippen LogP contribution in [0.4, 0.5) is 4.79 Å². The van der Waals surface area contributed by atoms with Crippen LogP contribution >= 0.6 is 0 Å². The molecular weight excluding hydrogens is 402 g/mol. The van der Waals surface area contributed by atoms with Crippen molar-refractivity contribution in [1.29, 1.82) is 0 Å². The number of ether oxygens (including phenoxy) is 1. The zero-order valence-electron chi connectivity index (χ0n) is 17.7. The Labute approximate surface area is 187 Å². The summed E-state index contributed by atoms with van der Waals surface area (Å²) in [5, 5.41) is 11.5. The minimum Gasteiger partial charge on any atom is -0.481 e. The van der Waals surface area contributed by atoms with E-state index >= 15 is 0 Å². The highest BCUT2D eigenvalue weighted by Crippen LogP contribution is 2.44. The normalized spacial score (nSPS) is 12.4. The van der Waals surface area contributed by atoms with Gasteiger partial charge in [-0.05, 0) is 39.8 Å². The maximum absolute atomic E-state index is 12.2. The van der Waals surface area contributed by atoms with Gasteiger partial charge in [0.05, 0.1) is 0 Å². The second kappa shape index (κ2) is 9.96. The molecule has 0 atom stereocenters. The van der Waals surface area contributed by atoms with E-state index in [-0.39, 0.29) is 12.3 Å². The number of alkyl carbamates (subject to hydrolysis) is 1. The Morgan fingerprint density at radius 2 is 1.53 bits per heavy atom. The van der Waals surface area contributed by atoms with Crippen LogP contribution in [-0.2, 0) is 16.0 Å². The highest BCUT2D eigenvalue weighted by Gasteiger charge is 2.28. The van der Waals surface area contributed by atoms with Gasteiger partial charge in [-0.1, -0.05) is 84.9 Å². The number of carbonyl (C=O) groups is 2. The van der Waals surface area contributed by atoms with E-state index in [4.69, 9.17) is 9.84 Å². The average Bonchev–Trinajstić information content (AvgIpc) is 3.13. The van der Waals surface area contributed by atoms with Crippen LogP contribution in [0.1, 0.15) is 34.6 Å².